The summed E-state index contributed by atoms with van der Waals surface area (Å²) in [7, 11) is 0. The molecule has 1 aromatic carbocycles. The Morgan fingerprint density at radius 1 is 1.32 bits per heavy atom. The molecule has 19 heavy (non-hydrogen) atoms. The van der Waals surface area contributed by atoms with Crippen molar-refractivity contribution in [3.8, 4) is 11.1 Å². The summed E-state index contributed by atoms with van der Waals surface area (Å²) < 4.78 is 0. The number of nitrogens with one attached hydrogen (secondary N) is 1. The number of hydrogen-bond acceptors (Lipinski definition) is 3. The van der Waals surface area contributed by atoms with Crippen LogP contribution in [0.4, 0.5) is 0 Å². The predicted octanol–water partition coefficient (Wildman–Crippen LogP) is 2.37. The molecule has 1 heterocycles. The van der Waals surface area contributed by atoms with Crippen LogP contribution < -0.4 is 5.32 Å². The Morgan fingerprint density at radius 3 is 2.84 bits per heavy atom. The zero-order valence-electron chi connectivity index (χ0n) is 11.4. The molecular weight excluding hydrogens is 236 g/mol. The highest BCUT2D eigenvalue weighted by atomic mass is 16.3. The van der Waals surface area contributed by atoms with E-state index in [9.17, 15) is 0 Å². The van der Waals surface area contributed by atoms with E-state index in [1.165, 1.54) is 5.56 Å². The fourth-order valence-corrected chi connectivity index (χ4v) is 2.04. The molecule has 0 saturated carbocycles. The average Bonchev–Trinajstić information content (AvgIpc) is 2.46. The minimum Gasteiger partial charge on any atom is -0.395 e. The van der Waals surface area contributed by atoms with E-state index in [1.54, 1.807) is 6.20 Å². The first-order valence-corrected chi connectivity index (χ1v) is 6.41. The van der Waals surface area contributed by atoms with Gasteiger partial charge in [-0.25, -0.2) is 0 Å². The van der Waals surface area contributed by atoms with E-state index in [0.717, 1.165) is 11.1 Å². The first-order chi connectivity index (χ1) is 9.13. The molecule has 99 valence electrons. The monoisotopic (exact) mass is 255 g/mol. The van der Waals surface area contributed by atoms with Crippen molar-refractivity contribution in [2.24, 2.45) is 0 Å². The number of rotatable bonds is 5. The number of aliphatic hydroxyl groups excluding tert-OH is 1. The number of nitrogens with zero attached hydrogens (tertiary/aromatic N) is 1. The minimum atomic E-state index is -0.176. The van der Waals surface area contributed by atoms with E-state index >= 15 is 0 Å². The molecule has 0 aliphatic carbocycles. The van der Waals surface area contributed by atoms with Crippen LogP contribution in [0, 0.1) is 6.07 Å². The summed E-state index contributed by atoms with van der Waals surface area (Å²) in [6.07, 6.45) is 3.49. The summed E-state index contributed by atoms with van der Waals surface area (Å²) in [4.78, 5) is 4.10. The van der Waals surface area contributed by atoms with Gasteiger partial charge in [0.2, 0.25) is 0 Å². The highest BCUT2D eigenvalue weighted by molar-refractivity contribution is 5.63. The van der Waals surface area contributed by atoms with Gasteiger partial charge in [0.1, 0.15) is 0 Å². The van der Waals surface area contributed by atoms with Gasteiger partial charge >= 0.3 is 0 Å². The van der Waals surface area contributed by atoms with Gasteiger partial charge in [0.25, 0.3) is 0 Å². The summed E-state index contributed by atoms with van der Waals surface area (Å²) in [6.45, 7) is 4.94. The molecule has 1 radical (unpaired) electrons. The molecule has 0 unspecified atom stereocenters. The molecule has 0 spiro atoms. The van der Waals surface area contributed by atoms with E-state index in [0.29, 0.717) is 6.54 Å². The Hall–Kier alpha value is -1.71. The fraction of sp³-hybridized carbons (Fsp3) is 0.312. The van der Waals surface area contributed by atoms with Crippen LogP contribution in [0.5, 0.6) is 0 Å². The zero-order chi connectivity index (χ0) is 13.7. The summed E-state index contributed by atoms with van der Waals surface area (Å²) in [5, 5.41) is 12.3. The summed E-state index contributed by atoms with van der Waals surface area (Å²) in [6, 6.07) is 13.3. The maximum Gasteiger partial charge on any atom is 0.0556 e. The van der Waals surface area contributed by atoms with E-state index < -0.39 is 0 Å². The van der Waals surface area contributed by atoms with Crippen molar-refractivity contribution in [2.75, 3.05) is 13.2 Å². The second kappa shape index (κ2) is 5.95. The minimum absolute atomic E-state index is 0.140. The Kier molecular flexibility index (Phi) is 4.30. The van der Waals surface area contributed by atoms with Gasteiger partial charge < -0.3 is 10.4 Å². The molecule has 0 saturated heterocycles. The van der Waals surface area contributed by atoms with Crippen molar-refractivity contribution in [3.63, 3.8) is 0 Å². The molecule has 0 fully saturated rings. The maximum atomic E-state index is 8.93. The van der Waals surface area contributed by atoms with Crippen molar-refractivity contribution in [2.45, 2.75) is 19.4 Å². The second-order valence-corrected chi connectivity index (χ2v) is 5.03. The normalized spacial score (nSPS) is 11.5. The molecule has 3 nitrogen and oxygen atoms in total. The zero-order valence-corrected chi connectivity index (χ0v) is 11.4. The first kappa shape index (κ1) is 13.7. The van der Waals surface area contributed by atoms with Gasteiger partial charge in [-0.15, -0.1) is 0 Å². The fourth-order valence-electron chi connectivity index (χ4n) is 2.04. The van der Waals surface area contributed by atoms with Crippen LogP contribution in [0.1, 0.15) is 19.4 Å². The highest BCUT2D eigenvalue weighted by Crippen LogP contribution is 2.25. The number of aliphatic hydroxyl groups is 1. The third kappa shape index (κ3) is 3.40. The van der Waals surface area contributed by atoms with Crippen LogP contribution in [0.3, 0.4) is 0 Å². The van der Waals surface area contributed by atoms with Crippen molar-refractivity contribution in [1.29, 1.82) is 0 Å². The molecule has 0 aliphatic rings. The molecule has 1 aromatic heterocycles. The smallest absolute Gasteiger partial charge is 0.0556 e. The molecule has 3 heteroatoms. The number of benzene rings is 1. The summed E-state index contributed by atoms with van der Waals surface area (Å²) in [5.74, 6) is 0. The van der Waals surface area contributed by atoms with E-state index in [1.807, 2.05) is 18.3 Å². The Bertz CT molecular complexity index is 523. The van der Waals surface area contributed by atoms with Gasteiger partial charge in [-0.05, 0) is 37.1 Å². The third-order valence-electron chi connectivity index (χ3n) is 3.20. The van der Waals surface area contributed by atoms with Crippen LogP contribution >= 0.6 is 0 Å². The van der Waals surface area contributed by atoms with Gasteiger partial charge in [-0.3, -0.25) is 4.98 Å². The van der Waals surface area contributed by atoms with Crippen LogP contribution in [-0.4, -0.2) is 23.2 Å². The lowest BCUT2D eigenvalue weighted by Gasteiger charge is -2.27. The number of aromatic nitrogens is 1. The highest BCUT2D eigenvalue weighted by Gasteiger charge is 2.19. The Morgan fingerprint density at radius 2 is 2.16 bits per heavy atom. The van der Waals surface area contributed by atoms with E-state index in [4.69, 9.17) is 5.11 Å². The molecule has 0 amide bonds. The average molecular weight is 255 g/mol. The van der Waals surface area contributed by atoms with Gasteiger partial charge in [0.15, 0.2) is 0 Å². The Balaban J connectivity index is 2.29. The van der Waals surface area contributed by atoms with Crippen LogP contribution in [-0.2, 0) is 5.54 Å². The van der Waals surface area contributed by atoms with Crippen molar-refractivity contribution in [1.82, 2.24) is 10.3 Å². The quantitative estimate of drug-likeness (QED) is 0.862. The van der Waals surface area contributed by atoms with E-state index in [2.05, 4.69) is 48.4 Å². The number of pyridine rings is 1. The van der Waals surface area contributed by atoms with Gasteiger partial charge in [-0.1, -0.05) is 18.2 Å². The van der Waals surface area contributed by atoms with E-state index in [-0.39, 0.29) is 12.1 Å². The summed E-state index contributed by atoms with van der Waals surface area (Å²) in [5.41, 5.74) is 3.19. The lowest BCUT2D eigenvalue weighted by atomic mass is 9.91. The van der Waals surface area contributed by atoms with Gasteiger partial charge in [0, 0.05) is 36.1 Å². The van der Waals surface area contributed by atoms with Crippen LogP contribution in [0.2, 0.25) is 0 Å². The Labute approximate surface area is 114 Å². The van der Waals surface area contributed by atoms with Crippen LogP contribution in [0.25, 0.3) is 11.1 Å². The van der Waals surface area contributed by atoms with Gasteiger partial charge in [-0.2, -0.15) is 0 Å². The molecule has 2 rings (SSSR count). The molecule has 2 N–H and O–H groups in total. The first-order valence-electron chi connectivity index (χ1n) is 6.41. The van der Waals surface area contributed by atoms with Crippen LogP contribution in [0.15, 0.2) is 42.7 Å². The number of hydrogen-bond donors (Lipinski definition) is 2. The SMILES string of the molecule is CC(C)(NCCO)c1cccc(-c2c[c]cnc2)c1. The lowest BCUT2D eigenvalue weighted by Crippen LogP contribution is -2.38. The molecule has 2 aromatic rings. The molecule has 0 aliphatic heterocycles. The van der Waals surface area contributed by atoms with Crippen molar-refractivity contribution >= 4 is 0 Å². The maximum absolute atomic E-state index is 8.93. The third-order valence-corrected chi connectivity index (χ3v) is 3.20. The van der Waals surface area contributed by atoms with Crippen molar-refractivity contribution in [3.05, 3.63) is 54.4 Å². The molecular formula is C16H19N2O. The molecule has 0 atom stereocenters. The van der Waals surface area contributed by atoms with Gasteiger partial charge in [0.05, 0.1) is 6.61 Å². The standard InChI is InChI=1S/C16H19N2O/c1-16(2,18-9-10-19)15-7-3-5-13(11-15)14-6-4-8-17-12-14/h3,5-8,11-12,18-19H,9-10H2,1-2H3. The largest absolute Gasteiger partial charge is 0.395 e. The lowest BCUT2D eigenvalue weighted by molar-refractivity contribution is 0.267. The second-order valence-electron chi connectivity index (χ2n) is 5.03. The summed E-state index contributed by atoms with van der Waals surface area (Å²) >= 11 is 0. The van der Waals surface area contributed by atoms with Crippen molar-refractivity contribution < 1.29 is 5.11 Å². The topological polar surface area (TPSA) is 45.1 Å². The predicted molar refractivity (Wildman–Crippen MR) is 76.6 cm³/mol. The molecule has 0 bridgehead atoms.